The van der Waals surface area contributed by atoms with Crippen LogP contribution in [0.15, 0.2) is 18.2 Å². The summed E-state index contributed by atoms with van der Waals surface area (Å²) in [6.45, 7) is -0.0924. The van der Waals surface area contributed by atoms with Crippen molar-refractivity contribution in [1.82, 2.24) is 0 Å². The Morgan fingerprint density at radius 2 is 2.06 bits per heavy atom. The highest BCUT2D eigenvalue weighted by atomic mass is 19.4. The number of aromatic hydroxyl groups is 1. The van der Waals surface area contributed by atoms with Gasteiger partial charge in [-0.15, -0.1) is 0 Å². The molecule has 0 fully saturated rings. The fraction of sp³-hybridized carbons (Fsp3) is 0.364. The van der Waals surface area contributed by atoms with Crippen molar-refractivity contribution in [2.45, 2.75) is 19.0 Å². The van der Waals surface area contributed by atoms with Gasteiger partial charge in [0.15, 0.2) is 0 Å². The molecule has 0 aliphatic rings. The first-order chi connectivity index (χ1) is 7.92. The van der Waals surface area contributed by atoms with Gasteiger partial charge in [0.1, 0.15) is 17.6 Å². The van der Waals surface area contributed by atoms with Gasteiger partial charge in [0.25, 0.3) is 0 Å². The van der Waals surface area contributed by atoms with Gasteiger partial charge < -0.3 is 9.84 Å². The number of hydrogen-bond donors (Lipinski definition) is 1. The van der Waals surface area contributed by atoms with Crippen LogP contribution in [0.3, 0.4) is 0 Å². The number of phenolic OH excluding ortho intramolecular Hbond substituents is 1. The predicted molar refractivity (Wildman–Crippen MR) is 53.6 cm³/mol. The van der Waals surface area contributed by atoms with Crippen molar-refractivity contribution >= 4 is 0 Å². The first kappa shape index (κ1) is 13.2. The van der Waals surface area contributed by atoms with Crippen LogP contribution >= 0.6 is 0 Å². The molecule has 1 N–H and O–H groups in total. The molecular weight excluding hydrogens is 235 g/mol. The summed E-state index contributed by atoms with van der Waals surface area (Å²) in [5.74, 6) is -0.00973. The van der Waals surface area contributed by atoms with Crippen molar-refractivity contribution in [2.75, 3.05) is 6.61 Å². The minimum absolute atomic E-state index is 0.0904. The van der Waals surface area contributed by atoms with Gasteiger partial charge >= 0.3 is 6.18 Å². The molecule has 1 aromatic rings. The summed E-state index contributed by atoms with van der Waals surface area (Å²) in [4.78, 5) is 0. The van der Waals surface area contributed by atoms with Crippen LogP contribution in [0.5, 0.6) is 11.5 Å². The summed E-state index contributed by atoms with van der Waals surface area (Å²) in [5.41, 5.74) is 0.0904. The topological polar surface area (TPSA) is 53.2 Å². The molecule has 17 heavy (non-hydrogen) atoms. The molecule has 0 saturated heterocycles. The predicted octanol–water partition coefficient (Wildman–Crippen LogP) is 2.99. The van der Waals surface area contributed by atoms with E-state index in [1.807, 2.05) is 0 Å². The monoisotopic (exact) mass is 245 g/mol. The number of nitriles is 1. The van der Waals surface area contributed by atoms with E-state index in [4.69, 9.17) is 10.00 Å². The van der Waals surface area contributed by atoms with Crippen LogP contribution in [-0.4, -0.2) is 17.9 Å². The largest absolute Gasteiger partial charge is 0.506 e. The smallest absolute Gasteiger partial charge is 0.389 e. The Hall–Kier alpha value is -1.90. The maximum Gasteiger partial charge on any atom is 0.389 e. The lowest BCUT2D eigenvalue weighted by Crippen LogP contribution is -2.09. The highest BCUT2D eigenvalue weighted by Crippen LogP contribution is 2.24. The fourth-order valence-electron chi connectivity index (χ4n) is 1.16. The highest BCUT2D eigenvalue weighted by molar-refractivity contribution is 5.46. The number of halogens is 3. The van der Waals surface area contributed by atoms with Crippen molar-refractivity contribution in [2.24, 2.45) is 0 Å². The fourth-order valence-corrected chi connectivity index (χ4v) is 1.16. The first-order valence-electron chi connectivity index (χ1n) is 4.85. The van der Waals surface area contributed by atoms with Crippen LogP contribution in [0.1, 0.15) is 18.4 Å². The van der Waals surface area contributed by atoms with Crippen molar-refractivity contribution < 1.29 is 23.0 Å². The van der Waals surface area contributed by atoms with Gasteiger partial charge in [0, 0.05) is 12.5 Å². The number of benzene rings is 1. The van der Waals surface area contributed by atoms with Crippen LogP contribution in [0.4, 0.5) is 13.2 Å². The summed E-state index contributed by atoms with van der Waals surface area (Å²) >= 11 is 0. The van der Waals surface area contributed by atoms with E-state index in [2.05, 4.69) is 0 Å². The van der Waals surface area contributed by atoms with E-state index in [1.165, 1.54) is 18.2 Å². The third-order valence-electron chi connectivity index (χ3n) is 1.96. The van der Waals surface area contributed by atoms with E-state index in [0.29, 0.717) is 0 Å². The molecule has 0 radical (unpaired) electrons. The Labute approximate surface area is 96.1 Å². The van der Waals surface area contributed by atoms with E-state index >= 15 is 0 Å². The summed E-state index contributed by atoms with van der Waals surface area (Å²) in [5, 5.41) is 17.8. The second-order valence-electron chi connectivity index (χ2n) is 3.36. The number of rotatable bonds is 4. The molecule has 3 nitrogen and oxygen atoms in total. The Bertz CT molecular complexity index is 424. The average Bonchev–Trinajstić information content (AvgIpc) is 2.23. The maximum atomic E-state index is 11.8. The maximum absolute atomic E-state index is 11.8. The van der Waals surface area contributed by atoms with Gasteiger partial charge in [-0.25, -0.2) is 0 Å². The van der Waals surface area contributed by atoms with E-state index in [0.717, 1.165) is 0 Å². The SMILES string of the molecule is N#Cc1ccc(OCCCC(F)(F)F)cc1O. The molecule has 0 aromatic heterocycles. The summed E-state index contributed by atoms with van der Waals surface area (Å²) in [6.07, 6.45) is -5.24. The molecular formula is C11H10F3NO2. The summed E-state index contributed by atoms with van der Waals surface area (Å²) in [6, 6.07) is 5.72. The zero-order valence-electron chi connectivity index (χ0n) is 8.79. The number of phenols is 1. The van der Waals surface area contributed by atoms with Crippen LogP contribution in [0, 0.1) is 11.3 Å². The second-order valence-corrected chi connectivity index (χ2v) is 3.36. The Kier molecular flexibility index (Phi) is 4.21. The van der Waals surface area contributed by atoms with Crippen molar-refractivity contribution in [3.63, 3.8) is 0 Å². The molecule has 0 saturated carbocycles. The van der Waals surface area contributed by atoms with Crippen molar-refractivity contribution in [1.29, 1.82) is 5.26 Å². The lowest BCUT2D eigenvalue weighted by atomic mass is 10.2. The molecule has 0 bridgehead atoms. The highest BCUT2D eigenvalue weighted by Gasteiger charge is 2.26. The third kappa shape index (κ3) is 4.64. The molecule has 0 spiro atoms. The van der Waals surface area contributed by atoms with Crippen molar-refractivity contribution in [3.05, 3.63) is 23.8 Å². The molecule has 0 heterocycles. The zero-order valence-corrected chi connectivity index (χ0v) is 8.79. The number of ether oxygens (including phenoxy) is 1. The molecule has 6 heteroatoms. The molecule has 0 amide bonds. The Morgan fingerprint density at radius 3 is 2.59 bits per heavy atom. The third-order valence-corrected chi connectivity index (χ3v) is 1.96. The molecule has 1 rings (SSSR count). The number of alkyl halides is 3. The quantitative estimate of drug-likeness (QED) is 0.829. The molecule has 0 unspecified atom stereocenters. The molecule has 1 aromatic carbocycles. The number of nitrogens with zero attached hydrogens (tertiary/aromatic N) is 1. The van der Waals surface area contributed by atoms with E-state index in [-0.39, 0.29) is 30.1 Å². The van der Waals surface area contributed by atoms with E-state index in [1.54, 1.807) is 6.07 Å². The molecule has 0 aliphatic heterocycles. The van der Waals surface area contributed by atoms with Gasteiger partial charge in [-0.2, -0.15) is 18.4 Å². The second kappa shape index (κ2) is 5.43. The van der Waals surface area contributed by atoms with Gasteiger partial charge in [-0.3, -0.25) is 0 Å². The van der Waals surface area contributed by atoms with Gasteiger partial charge in [-0.05, 0) is 18.6 Å². The van der Waals surface area contributed by atoms with Gasteiger partial charge in [0.05, 0.1) is 12.2 Å². The molecule has 92 valence electrons. The van der Waals surface area contributed by atoms with Crippen LogP contribution in [0.25, 0.3) is 0 Å². The van der Waals surface area contributed by atoms with E-state index in [9.17, 15) is 18.3 Å². The summed E-state index contributed by atoms with van der Waals surface area (Å²) < 4.78 is 40.5. The van der Waals surface area contributed by atoms with Crippen molar-refractivity contribution in [3.8, 4) is 17.6 Å². The number of hydrogen-bond acceptors (Lipinski definition) is 3. The Morgan fingerprint density at radius 1 is 1.35 bits per heavy atom. The minimum atomic E-state index is -4.18. The molecule has 0 atom stereocenters. The Balaban J connectivity index is 2.43. The minimum Gasteiger partial charge on any atom is -0.506 e. The van der Waals surface area contributed by atoms with Gasteiger partial charge in [-0.1, -0.05) is 0 Å². The standard InChI is InChI=1S/C11H10F3NO2/c12-11(13,14)4-1-5-17-9-3-2-8(7-15)10(16)6-9/h2-3,6,16H,1,4-5H2. The first-order valence-corrected chi connectivity index (χ1v) is 4.85. The average molecular weight is 245 g/mol. The lowest BCUT2D eigenvalue weighted by molar-refractivity contribution is -0.136. The summed E-state index contributed by atoms with van der Waals surface area (Å²) in [7, 11) is 0. The normalized spacial score (nSPS) is 10.9. The zero-order chi connectivity index (χ0) is 12.9. The molecule has 0 aliphatic carbocycles. The van der Waals surface area contributed by atoms with Crippen LogP contribution in [-0.2, 0) is 0 Å². The van der Waals surface area contributed by atoms with E-state index < -0.39 is 12.6 Å². The van der Waals surface area contributed by atoms with Crippen LogP contribution in [0.2, 0.25) is 0 Å². The van der Waals surface area contributed by atoms with Gasteiger partial charge in [0.2, 0.25) is 0 Å². The lowest BCUT2D eigenvalue weighted by Gasteiger charge is -2.08. The van der Waals surface area contributed by atoms with Crippen LogP contribution < -0.4 is 4.74 Å².